The summed E-state index contributed by atoms with van der Waals surface area (Å²) in [7, 11) is 0. The lowest BCUT2D eigenvalue weighted by Gasteiger charge is -2.36. The molecule has 0 heterocycles. The lowest BCUT2D eigenvalue weighted by molar-refractivity contribution is 0.00300. The van der Waals surface area contributed by atoms with Crippen LogP contribution in [0.3, 0.4) is 0 Å². The van der Waals surface area contributed by atoms with Crippen LogP contribution in [-0.2, 0) is 4.74 Å². The van der Waals surface area contributed by atoms with Gasteiger partial charge in [-0.25, -0.2) is 0 Å². The normalized spacial score (nSPS) is 23.9. The Hall–Kier alpha value is -0.740. The molecule has 0 atom stereocenters. The van der Waals surface area contributed by atoms with Crippen molar-refractivity contribution in [1.29, 1.82) is 0 Å². The van der Waals surface area contributed by atoms with E-state index in [0.717, 1.165) is 35.3 Å². The molecule has 1 aromatic carbocycles. The molecule has 0 saturated heterocycles. The van der Waals surface area contributed by atoms with Crippen molar-refractivity contribution in [2.45, 2.75) is 31.9 Å². The lowest BCUT2D eigenvalue weighted by Crippen LogP contribution is -2.40. The molecule has 4 heteroatoms. The first-order valence-electron chi connectivity index (χ1n) is 5.62. The van der Waals surface area contributed by atoms with Gasteiger partial charge in [0.2, 0.25) is 0 Å². The van der Waals surface area contributed by atoms with Crippen LogP contribution < -0.4 is 11.1 Å². The number of nitrogen functional groups attached to an aromatic ring is 1. The maximum Gasteiger partial charge on any atom is 0.0614 e. The lowest BCUT2D eigenvalue weighted by atomic mass is 9.89. The van der Waals surface area contributed by atoms with Gasteiger partial charge in [-0.3, -0.25) is 0 Å². The average Bonchev–Trinajstić information content (AvgIpc) is 2.18. The SMILES string of the molecule is CCOC1CC(Nc2ccc(Br)cc2N)C1. The summed E-state index contributed by atoms with van der Waals surface area (Å²) < 4.78 is 6.53. The molecule has 3 N–H and O–H groups in total. The number of hydrogen-bond acceptors (Lipinski definition) is 3. The van der Waals surface area contributed by atoms with Gasteiger partial charge in [0.15, 0.2) is 0 Å². The quantitative estimate of drug-likeness (QED) is 0.836. The predicted molar refractivity (Wildman–Crippen MR) is 70.6 cm³/mol. The van der Waals surface area contributed by atoms with Gasteiger partial charge >= 0.3 is 0 Å². The third kappa shape index (κ3) is 2.68. The van der Waals surface area contributed by atoms with E-state index in [9.17, 15) is 0 Å². The average molecular weight is 285 g/mol. The predicted octanol–water partition coefficient (Wildman–Crippen LogP) is 3.01. The van der Waals surface area contributed by atoms with Crippen molar-refractivity contribution in [2.24, 2.45) is 0 Å². The molecule has 0 radical (unpaired) electrons. The number of nitrogens with one attached hydrogen (secondary N) is 1. The van der Waals surface area contributed by atoms with E-state index in [1.54, 1.807) is 0 Å². The van der Waals surface area contributed by atoms with E-state index in [0.29, 0.717) is 12.1 Å². The summed E-state index contributed by atoms with van der Waals surface area (Å²) in [5, 5.41) is 3.44. The summed E-state index contributed by atoms with van der Waals surface area (Å²) in [5.41, 5.74) is 7.72. The van der Waals surface area contributed by atoms with Crippen LogP contribution in [-0.4, -0.2) is 18.8 Å². The molecular weight excluding hydrogens is 268 g/mol. The van der Waals surface area contributed by atoms with Crippen LogP contribution in [0.4, 0.5) is 11.4 Å². The number of benzene rings is 1. The van der Waals surface area contributed by atoms with Gasteiger partial charge in [0.1, 0.15) is 0 Å². The van der Waals surface area contributed by atoms with Crippen LogP contribution in [0, 0.1) is 0 Å². The third-order valence-electron chi connectivity index (χ3n) is 2.87. The minimum atomic E-state index is 0.430. The maximum absolute atomic E-state index is 5.92. The topological polar surface area (TPSA) is 47.3 Å². The van der Waals surface area contributed by atoms with E-state index in [-0.39, 0.29) is 0 Å². The fraction of sp³-hybridized carbons (Fsp3) is 0.500. The molecule has 1 aromatic rings. The third-order valence-corrected chi connectivity index (χ3v) is 3.36. The van der Waals surface area contributed by atoms with E-state index in [2.05, 4.69) is 21.2 Å². The number of ether oxygens (including phenoxy) is 1. The highest BCUT2D eigenvalue weighted by atomic mass is 79.9. The van der Waals surface area contributed by atoms with Crippen molar-refractivity contribution in [3.05, 3.63) is 22.7 Å². The zero-order valence-electron chi connectivity index (χ0n) is 9.37. The Bertz CT molecular complexity index is 364. The van der Waals surface area contributed by atoms with Crippen LogP contribution in [0.1, 0.15) is 19.8 Å². The zero-order valence-corrected chi connectivity index (χ0v) is 11.0. The van der Waals surface area contributed by atoms with Crippen molar-refractivity contribution >= 4 is 27.3 Å². The summed E-state index contributed by atoms with van der Waals surface area (Å²) >= 11 is 3.40. The molecule has 0 spiro atoms. The summed E-state index contributed by atoms with van der Waals surface area (Å²) in [5.74, 6) is 0. The molecule has 88 valence electrons. The largest absolute Gasteiger partial charge is 0.397 e. The van der Waals surface area contributed by atoms with Crippen LogP contribution in [0.2, 0.25) is 0 Å². The van der Waals surface area contributed by atoms with Crippen molar-refractivity contribution in [3.63, 3.8) is 0 Å². The molecule has 1 aliphatic carbocycles. The second kappa shape index (κ2) is 5.06. The Labute approximate surface area is 104 Å². The molecule has 0 aromatic heterocycles. The number of nitrogens with two attached hydrogens (primary N) is 1. The van der Waals surface area contributed by atoms with Gasteiger partial charge in [-0.05, 0) is 38.0 Å². The van der Waals surface area contributed by atoms with Crippen LogP contribution >= 0.6 is 15.9 Å². The highest BCUT2D eigenvalue weighted by molar-refractivity contribution is 9.10. The van der Waals surface area contributed by atoms with E-state index in [4.69, 9.17) is 10.5 Å². The van der Waals surface area contributed by atoms with Crippen molar-refractivity contribution < 1.29 is 4.74 Å². The Balaban J connectivity index is 1.87. The number of halogens is 1. The monoisotopic (exact) mass is 284 g/mol. The second-order valence-electron chi connectivity index (χ2n) is 4.12. The highest BCUT2D eigenvalue weighted by Crippen LogP contribution is 2.30. The smallest absolute Gasteiger partial charge is 0.0614 e. The molecular formula is C12H17BrN2O. The van der Waals surface area contributed by atoms with Crippen LogP contribution in [0.25, 0.3) is 0 Å². The first-order chi connectivity index (χ1) is 7.69. The van der Waals surface area contributed by atoms with E-state index in [1.807, 2.05) is 25.1 Å². The maximum atomic E-state index is 5.92. The van der Waals surface area contributed by atoms with Gasteiger partial charge in [-0.15, -0.1) is 0 Å². The summed E-state index contributed by atoms with van der Waals surface area (Å²) in [6.45, 7) is 2.84. The second-order valence-corrected chi connectivity index (χ2v) is 5.04. The standard InChI is InChI=1S/C12H17BrN2O/c1-2-16-10-6-9(7-10)15-12-4-3-8(13)5-11(12)14/h3-5,9-10,15H,2,6-7,14H2,1H3. The molecule has 16 heavy (non-hydrogen) atoms. The van der Waals surface area contributed by atoms with Crippen molar-refractivity contribution in [2.75, 3.05) is 17.7 Å². The van der Waals surface area contributed by atoms with Crippen LogP contribution in [0.5, 0.6) is 0 Å². The Morgan fingerprint density at radius 1 is 1.50 bits per heavy atom. The van der Waals surface area contributed by atoms with Crippen molar-refractivity contribution in [1.82, 2.24) is 0 Å². The van der Waals surface area contributed by atoms with Gasteiger partial charge in [-0.2, -0.15) is 0 Å². The number of rotatable bonds is 4. The zero-order chi connectivity index (χ0) is 11.5. The van der Waals surface area contributed by atoms with Gasteiger partial charge in [0.05, 0.1) is 17.5 Å². The molecule has 1 fully saturated rings. The van der Waals surface area contributed by atoms with Gasteiger partial charge in [0.25, 0.3) is 0 Å². The Kier molecular flexibility index (Phi) is 3.71. The summed E-state index contributed by atoms with van der Waals surface area (Å²) in [4.78, 5) is 0. The van der Waals surface area contributed by atoms with Crippen LogP contribution in [0.15, 0.2) is 22.7 Å². The Morgan fingerprint density at radius 2 is 2.25 bits per heavy atom. The molecule has 0 unspecified atom stereocenters. The Morgan fingerprint density at radius 3 is 2.88 bits per heavy atom. The molecule has 0 amide bonds. The van der Waals surface area contributed by atoms with Gasteiger partial charge < -0.3 is 15.8 Å². The minimum Gasteiger partial charge on any atom is -0.397 e. The molecule has 3 nitrogen and oxygen atoms in total. The summed E-state index contributed by atoms with van der Waals surface area (Å²) in [6.07, 6.45) is 2.58. The first-order valence-corrected chi connectivity index (χ1v) is 6.41. The minimum absolute atomic E-state index is 0.430. The van der Waals surface area contributed by atoms with Crippen molar-refractivity contribution in [3.8, 4) is 0 Å². The summed E-state index contributed by atoms with van der Waals surface area (Å²) in [6, 6.07) is 6.42. The fourth-order valence-corrected chi connectivity index (χ4v) is 2.32. The van der Waals surface area contributed by atoms with Gasteiger partial charge in [0, 0.05) is 17.1 Å². The molecule has 2 rings (SSSR count). The molecule has 0 bridgehead atoms. The highest BCUT2D eigenvalue weighted by Gasteiger charge is 2.29. The molecule has 0 aliphatic heterocycles. The first kappa shape index (κ1) is 11.7. The molecule has 1 aliphatic rings. The van der Waals surface area contributed by atoms with E-state index < -0.39 is 0 Å². The van der Waals surface area contributed by atoms with E-state index >= 15 is 0 Å². The van der Waals surface area contributed by atoms with E-state index in [1.165, 1.54) is 0 Å². The van der Waals surface area contributed by atoms with Gasteiger partial charge in [-0.1, -0.05) is 15.9 Å². The molecule has 1 saturated carbocycles. The number of hydrogen-bond donors (Lipinski definition) is 2. The number of anilines is 2. The fourth-order valence-electron chi connectivity index (χ4n) is 1.94.